The van der Waals surface area contributed by atoms with Crippen LogP contribution in [0.4, 0.5) is 0 Å². The average molecular weight is 641 g/mol. The van der Waals surface area contributed by atoms with Crippen molar-refractivity contribution in [2.45, 2.75) is 14.7 Å². The highest BCUT2D eigenvalue weighted by molar-refractivity contribution is 14.1. The Kier molecular flexibility index (Phi) is 6.08. The second-order valence-corrected chi connectivity index (χ2v) is 10.4. The molecule has 0 bridgehead atoms. The van der Waals surface area contributed by atoms with Gasteiger partial charge in [0.2, 0.25) is 0 Å². The van der Waals surface area contributed by atoms with Crippen LogP contribution in [-0.4, -0.2) is 0 Å². The van der Waals surface area contributed by atoms with Gasteiger partial charge in [0.1, 0.15) is 0 Å². The fourth-order valence-electron chi connectivity index (χ4n) is 2.12. The summed E-state index contributed by atoms with van der Waals surface area (Å²) in [5, 5.41) is 0. The zero-order valence-electron chi connectivity index (χ0n) is 11.5. The predicted octanol–water partition coefficient (Wildman–Crippen LogP) is 6.60. The summed E-state index contributed by atoms with van der Waals surface area (Å²) in [6.07, 6.45) is 0. The minimum absolute atomic E-state index is 0.0494. The third-order valence-corrected chi connectivity index (χ3v) is 7.54. The Morgan fingerprint density at radius 1 is 0.409 bits per heavy atom. The zero-order chi connectivity index (χ0) is 15.5. The third kappa shape index (κ3) is 4.18. The van der Waals surface area contributed by atoms with Gasteiger partial charge in [0, 0.05) is 10.7 Å². The molecule has 3 aromatic rings. The van der Waals surface area contributed by atoms with Gasteiger partial charge >= 0.3 is 0 Å². The van der Waals surface area contributed by atoms with Crippen molar-refractivity contribution < 1.29 is 0 Å². The molecule has 0 aliphatic heterocycles. The fourth-order valence-corrected chi connectivity index (χ4v) is 5.24. The summed E-state index contributed by atoms with van der Waals surface area (Å²) in [5.41, 5.74) is 0. The Bertz CT molecular complexity index is 642. The second-order valence-electron chi connectivity index (χ2n) is 4.67. The van der Waals surface area contributed by atoms with Crippen molar-refractivity contribution in [3.8, 4) is 0 Å². The van der Waals surface area contributed by atoms with E-state index < -0.39 is 0 Å². The van der Waals surface area contributed by atoms with Crippen molar-refractivity contribution in [3.63, 3.8) is 0 Å². The first-order valence-corrected chi connectivity index (χ1v) is 11.1. The molecule has 0 fully saturated rings. The molecule has 4 heteroatoms. The summed E-state index contributed by atoms with van der Waals surface area (Å²) >= 11 is 7.08. The van der Waals surface area contributed by atoms with Gasteiger partial charge in [-0.1, -0.05) is 0 Å². The number of rotatable bonds is 3. The first-order valence-electron chi connectivity index (χ1n) is 6.64. The summed E-state index contributed by atoms with van der Waals surface area (Å²) in [5.74, 6) is 0. The number of benzene rings is 3. The van der Waals surface area contributed by atoms with Gasteiger partial charge in [-0.3, -0.25) is 0 Å². The highest BCUT2D eigenvalue weighted by Crippen LogP contribution is 2.32. The van der Waals surface area contributed by atoms with Gasteiger partial charge in [0.15, 0.2) is 14.7 Å². The molecule has 0 radical (unpaired) electrons. The second kappa shape index (κ2) is 7.85. The minimum Gasteiger partial charge on any atom is -0.0443 e. The van der Waals surface area contributed by atoms with Crippen LogP contribution in [0.5, 0.6) is 0 Å². The maximum Gasteiger partial charge on any atom is 0.166 e. The maximum absolute atomic E-state index is 2.36. The van der Waals surface area contributed by atoms with Crippen molar-refractivity contribution in [2.75, 3.05) is 0 Å². The number of halogens is 3. The normalized spacial score (nSPS) is 10.9. The molecule has 0 nitrogen and oxygen atoms in total. The molecule has 0 amide bonds. The number of hydrogen-bond donors (Lipinski definition) is 0. The smallest absolute Gasteiger partial charge is 0.0443 e. The third-order valence-electron chi connectivity index (χ3n) is 3.15. The molecule has 0 heterocycles. The van der Waals surface area contributed by atoms with Crippen LogP contribution in [0.15, 0.2) is 87.5 Å². The summed E-state index contributed by atoms with van der Waals surface area (Å²) < 4.78 is 3.82. The zero-order valence-corrected chi connectivity index (χ0v) is 18.8. The average Bonchev–Trinajstić information content (AvgIpc) is 2.53. The van der Waals surface area contributed by atoms with E-state index in [0.717, 1.165) is 0 Å². The molecular weight excluding hydrogens is 629 g/mol. The SMILES string of the molecule is Ic1ccc([S+](c2ccc(I)cc2)c2ccc(I)cc2)cc1. The van der Waals surface area contributed by atoms with E-state index in [1.54, 1.807) is 0 Å². The van der Waals surface area contributed by atoms with E-state index in [9.17, 15) is 0 Å². The van der Waals surface area contributed by atoms with E-state index in [-0.39, 0.29) is 10.9 Å². The van der Waals surface area contributed by atoms with Crippen LogP contribution in [0.3, 0.4) is 0 Å². The van der Waals surface area contributed by atoms with E-state index >= 15 is 0 Å². The summed E-state index contributed by atoms with van der Waals surface area (Å²) in [7, 11) is -0.0494. The molecule has 0 aliphatic carbocycles. The van der Waals surface area contributed by atoms with Crippen LogP contribution in [0, 0.1) is 10.7 Å². The molecule has 0 unspecified atom stereocenters. The maximum atomic E-state index is 2.36. The van der Waals surface area contributed by atoms with Gasteiger partial charge in [-0.25, -0.2) is 0 Å². The Morgan fingerprint density at radius 3 is 0.864 bits per heavy atom. The molecule has 0 N–H and O–H groups in total. The highest BCUT2D eigenvalue weighted by atomic mass is 127. The van der Waals surface area contributed by atoms with Crippen molar-refractivity contribution in [2.24, 2.45) is 0 Å². The predicted molar refractivity (Wildman–Crippen MR) is 120 cm³/mol. The monoisotopic (exact) mass is 641 g/mol. The molecule has 0 atom stereocenters. The fraction of sp³-hybridized carbons (Fsp3) is 0. The molecule has 0 spiro atoms. The lowest BCUT2D eigenvalue weighted by Crippen LogP contribution is -2.05. The number of hydrogen-bond acceptors (Lipinski definition) is 0. The van der Waals surface area contributed by atoms with Gasteiger partial charge in [-0.2, -0.15) is 0 Å². The lowest BCUT2D eigenvalue weighted by atomic mass is 10.4. The van der Waals surface area contributed by atoms with Gasteiger partial charge in [-0.15, -0.1) is 0 Å². The molecular formula is C18H12I3S+. The molecule has 0 saturated carbocycles. The summed E-state index contributed by atoms with van der Waals surface area (Å²) in [6.45, 7) is 0. The Hall–Kier alpha value is 0.200. The summed E-state index contributed by atoms with van der Waals surface area (Å²) in [4.78, 5) is 4.09. The lowest BCUT2D eigenvalue weighted by molar-refractivity contribution is 1.30. The van der Waals surface area contributed by atoms with E-state index in [1.807, 2.05) is 0 Å². The van der Waals surface area contributed by atoms with Crippen LogP contribution in [0.2, 0.25) is 0 Å². The van der Waals surface area contributed by atoms with Crippen LogP contribution < -0.4 is 0 Å². The quantitative estimate of drug-likeness (QED) is 0.224. The van der Waals surface area contributed by atoms with E-state index in [4.69, 9.17) is 0 Å². The molecule has 110 valence electrons. The molecule has 0 aliphatic rings. The highest BCUT2D eigenvalue weighted by Gasteiger charge is 2.28. The van der Waals surface area contributed by atoms with Gasteiger partial charge in [0.25, 0.3) is 0 Å². The van der Waals surface area contributed by atoms with Crippen LogP contribution in [-0.2, 0) is 10.9 Å². The van der Waals surface area contributed by atoms with Gasteiger partial charge in [0.05, 0.1) is 10.9 Å². The standard InChI is InChI=1S/C18H12I3S/c19-13-1-7-16(8-2-13)22(17-9-3-14(20)4-10-17)18-11-5-15(21)6-12-18/h1-12H/q+1. The van der Waals surface area contributed by atoms with Gasteiger partial charge in [-0.05, 0) is 141 Å². The lowest BCUT2D eigenvalue weighted by Gasteiger charge is -2.08. The minimum atomic E-state index is -0.0494. The van der Waals surface area contributed by atoms with Crippen LogP contribution in [0.25, 0.3) is 0 Å². The molecule has 0 aromatic heterocycles. The molecule has 22 heavy (non-hydrogen) atoms. The van der Waals surface area contributed by atoms with Crippen molar-refractivity contribution in [1.82, 2.24) is 0 Å². The van der Waals surface area contributed by atoms with E-state index in [2.05, 4.69) is 141 Å². The molecule has 3 rings (SSSR count). The van der Waals surface area contributed by atoms with E-state index in [0.29, 0.717) is 0 Å². The Balaban J connectivity index is 2.10. The molecule has 3 aromatic carbocycles. The van der Waals surface area contributed by atoms with Crippen molar-refractivity contribution in [1.29, 1.82) is 0 Å². The Morgan fingerprint density at radius 2 is 0.636 bits per heavy atom. The van der Waals surface area contributed by atoms with Crippen molar-refractivity contribution in [3.05, 3.63) is 83.5 Å². The van der Waals surface area contributed by atoms with Crippen molar-refractivity contribution >= 4 is 78.7 Å². The Labute approximate surface area is 174 Å². The first-order chi connectivity index (χ1) is 10.6. The van der Waals surface area contributed by atoms with Crippen LogP contribution >= 0.6 is 67.8 Å². The first kappa shape index (κ1) is 17.0. The molecule has 0 saturated heterocycles. The topological polar surface area (TPSA) is 0 Å². The summed E-state index contributed by atoms with van der Waals surface area (Å²) in [6, 6.07) is 26.6. The largest absolute Gasteiger partial charge is 0.166 e. The van der Waals surface area contributed by atoms with E-state index in [1.165, 1.54) is 25.4 Å². The van der Waals surface area contributed by atoms with Crippen LogP contribution in [0.1, 0.15) is 0 Å². The van der Waals surface area contributed by atoms with Gasteiger partial charge < -0.3 is 0 Å².